The van der Waals surface area contributed by atoms with E-state index in [0.717, 1.165) is 0 Å². The number of alkyl halides is 1. The van der Waals surface area contributed by atoms with Crippen molar-refractivity contribution in [2.24, 2.45) is 4.99 Å². The fourth-order valence-corrected chi connectivity index (χ4v) is 4.22. The number of ether oxygens (including phenoxy) is 4. The van der Waals surface area contributed by atoms with Crippen molar-refractivity contribution in [3.8, 4) is 0 Å². The quantitative estimate of drug-likeness (QED) is 0.334. The largest absolute Gasteiger partial charge is 0.463 e. The average molecular weight is 496 g/mol. The maximum atomic E-state index is 12.1. The van der Waals surface area contributed by atoms with Gasteiger partial charge in [0, 0.05) is 32.5 Å². The zero-order valence-corrected chi connectivity index (χ0v) is 19.2. The topological polar surface area (TPSA) is 151 Å². The summed E-state index contributed by atoms with van der Waals surface area (Å²) in [6.07, 6.45) is -0.473. The minimum atomic E-state index is -1.09. The minimum Gasteiger partial charge on any atom is -0.463 e. The highest BCUT2D eigenvalue weighted by molar-refractivity contribution is 6.20. The fourth-order valence-electron chi connectivity index (χ4n) is 4.00. The number of esters is 3. The first-order valence-corrected chi connectivity index (χ1v) is 10.8. The minimum absolute atomic E-state index is 0.0914. The zero-order valence-electron chi connectivity index (χ0n) is 18.5. The van der Waals surface area contributed by atoms with Crippen LogP contribution in [0.3, 0.4) is 0 Å². The third-order valence-electron chi connectivity index (χ3n) is 5.30. The molecule has 13 nitrogen and oxygen atoms in total. The van der Waals surface area contributed by atoms with Crippen LogP contribution in [0.1, 0.15) is 38.9 Å². The number of nitrogens with zero attached hydrogens (tertiary/aromatic N) is 4. The molecule has 34 heavy (non-hydrogen) atoms. The molecule has 14 heteroatoms. The first-order valence-electron chi connectivity index (χ1n) is 10.3. The van der Waals surface area contributed by atoms with Gasteiger partial charge in [-0.2, -0.15) is 0 Å². The van der Waals surface area contributed by atoms with Crippen LogP contribution in [0.25, 0.3) is 0 Å². The van der Waals surface area contributed by atoms with Gasteiger partial charge in [-0.1, -0.05) is 0 Å². The monoisotopic (exact) mass is 495 g/mol. The van der Waals surface area contributed by atoms with Crippen molar-refractivity contribution >= 4 is 47.6 Å². The Kier molecular flexibility index (Phi) is 6.57. The second kappa shape index (κ2) is 9.43. The summed E-state index contributed by atoms with van der Waals surface area (Å²) in [5, 5.41) is 2.79. The molecule has 1 saturated heterocycles. The Morgan fingerprint density at radius 3 is 2.50 bits per heavy atom. The Labute approximate surface area is 198 Å². The number of carbonyl (C=O) groups is 4. The Morgan fingerprint density at radius 2 is 1.85 bits per heavy atom. The van der Waals surface area contributed by atoms with E-state index in [2.05, 4.69) is 15.3 Å². The van der Waals surface area contributed by atoms with E-state index in [1.807, 2.05) is 0 Å². The number of allylic oxidation sites excluding steroid dienone is 1. The number of aliphatic imine (C=N–C) groups is 1. The van der Waals surface area contributed by atoms with Gasteiger partial charge in [-0.15, -0.1) is 11.6 Å². The zero-order chi connectivity index (χ0) is 24.6. The molecule has 0 radical (unpaired) electrons. The van der Waals surface area contributed by atoms with E-state index in [-0.39, 0.29) is 18.4 Å². The molecule has 1 N–H and O–H groups in total. The molecule has 182 valence electrons. The van der Waals surface area contributed by atoms with Gasteiger partial charge in [0.05, 0.1) is 18.5 Å². The first kappa shape index (κ1) is 23.7. The van der Waals surface area contributed by atoms with Gasteiger partial charge in [0.25, 0.3) is 0 Å². The van der Waals surface area contributed by atoms with E-state index >= 15 is 0 Å². The van der Waals surface area contributed by atoms with Gasteiger partial charge in [-0.05, 0) is 0 Å². The van der Waals surface area contributed by atoms with Gasteiger partial charge in [-0.25, -0.2) is 9.98 Å². The Hall–Kier alpha value is -3.45. The van der Waals surface area contributed by atoms with Gasteiger partial charge >= 0.3 is 17.9 Å². The molecule has 0 aliphatic carbocycles. The Balaban J connectivity index is 1.70. The van der Waals surface area contributed by atoms with Crippen molar-refractivity contribution in [2.75, 3.05) is 12.5 Å². The molecule has 1 aromatic heterocycles. The van der Waals surface area contributed by atoms with Gasteiger partial charge in [0.15, 0.2) is 30.4 Å². The van der Waals surface area contributed by atoms with Crippen LogP contribution in [0.15, 0.2) is 23.1 Å². The number of imidazole rings is 1. The SMILES string of the molecule is CC(=O)OC[C@@H]1O[C@@H](n2cnc3c2N=CN2C(CCl)=CC(=O)N[C@H]32)[C@@H](OC(C)=O)[C@@H]1OC(C)=O. The molecule has 0 saturated carbocycles. The lowest BCUT2D eigenvalue weighted by molar-refractivity contribution is -0.166. The predicted molar refractivity (Wildman–Crippen MR) is 114 cm³/mol. The van der Waals surface area contributed by atoms with E-state index in [1.54, 1.807) is 4.90 Å². The highest BCUT2D eigenvalue weighted by Crippen LogP contribution is 2.41. The van der Waals surface area contributed by atoms with Crippen molar-refractivity contribution in [1.29, 1.82) is 0 Å². The number of aromatic nitrogens is 2. The molecule has 0 spiro atoms. The number of halogens is 1. The predicted octanol–water partition coefficient (Wildman–Crippen LogP) is 0.433. The third-order valence-corrected chi connectivity index (χ3v) is 5.57. The van der Waals surface area contributed by atoms with Crippen molar-refractivity contribution in [3.05, 3.63) is 23.8 Å². The molecule has 5 atom stereocenters. The smallest absolute Gasteiger partial charge is 0.303 e. The first-order chi connectivity index (χ1) is 16.2. The van der Waals surface area contributed by atoms with Crippen LogP contribution in [-0.4, -0.2) is 75.4 Å². The lowest BCUT2D eigenvalue weighted by Gasteiger charge is -2.36. The van der Waals surface area contributed by atoms with Crippen LogP contribution >= 0.6 is 11.6 Å². The number of hydrogen-bond donors (Lipinski definition) is 1. The number of nitrogens with one attached hydrogen (secondary N) is 1. The standard InChI is InChI=1S/C20H22ClN5O8/c1-9(27)31-6-13-16(32-10(2)28)17(33-11(3)29)20(34-13)26-7-22-15-18(26)23-8-25-12(5-21)4-14(30)24-19(15)25/h4,7-8,13,16-17,19-20H,5-6H2,1-3H3,(H,24,30)/t13-,16+,17-,19-,20+/m0/s1. The summed E-state index contributed by atoms with van der Waals surface area (Å²) >= 11 is 5.97. The molecule has 3 aliphatic rings. The van der Waals surface area contributed by atoms with Crippen LogP contribution in [0.5, 0.6) is 0 Å². The van der Waals surface area contributed by atoms with Crippen LogP contribution in [0.4, 0.5) is 5.82 Å². The lowest BCUT2D eigenvalue weighted by atomic mass is 10.1. The highest BCUT2D eigenvalue weighted by atomic mass is 35.5. The van der Waals surface area contributed by atoms with Gasteiger partial charge < -0.3 is 29.2 Å². The van der Waals surface area contributed by atoms with E-state index in [1.165, 1.54) is 44.1 Å². The summed E-state index contributed by atoms with van der Waals surface area (Å²) in [5.41, 5.74) is 0.954. The summed E-state index contributed by atoms with van der Waals surface area (Å²) in [5.74, 6) is -1.74. The van der Waals surface area contributed by atoms with E-state index < -0.39 is 48.6 Å². The molecule has 1 amide bonds. The molecule has 4 rings (SSSR count). The number of amides is 1. The van der Waals surface area contributed by atoms with Crippen LogP contribution in [0, 0.1) is 0 Å². The molecule has 0 bridgehead atoms. The molecule has 0 aromatic carbocycles. The lowest BCUT2D eigenvalue weighted by Crippen LogP contribution is -2.45. The molecule has 3 aliphatic heterocycles. The maximum Gasteiger partial charge on any atom is 0.303 e. The number of fused-ring (bicyclic) bond motifs is 3. The third kappa shape index (κ3) is 4.48. The van der Waals surface area contributed by atoms with E-state index in [9.17, 15) is 19.2 Å². The van der Waals surface area contributed by atoms with Crippen molar-refractivity contribution < 1.29 is 38.1 Å². The fraction of sp³-hybridized carbons (Fsp3) is 0.500. The molecular formula is C20H22ClN5O8. The summed E-state index contributed by atoms with van der Waals surface area (Å²) < 4.78 is 23.4. The molecule has 4 heterocycles. The number of hydrogen-bond acceptors (Lipinski definition) is 11. The van der Waals surface area contributed by atoms with Gasteiger partial charge in [0.1, 0.15) is 18.4 Å². The van der Waals surface area contributed by atoms with Crippen molar-refractivity contribution in [2.45, 2.75) is 51.5 Å². The molecule has 1 fully saturated rings. The molecular weight excluding hydrogens is 474 g/mol. The van der Waals surface area contributed by atoms with E-state index in [4.69, 9.17) is 30.5 Å². The summed E-state index contributed by atoms with van der Waals surface area (Å²) in [7, 11) is 0. The Morgan fingerprint density at radius 1 is 1.15 bits per heavy atom. The average Bonchev–Trinajstić information content (AvgIpc) is 3.33. The van der Waals surface area contributed by atoms with Gasteiger partial charge in [0.2, 0.25) is 5.91 Å². The number of carbonyl (C=O) groups excluding carboxylic acids is 4. The van der Waals surface area contributed by atoms with Crippen molar-refractivity contribution in [3.63, 3.8) is 0 Å². The maximum absolute atomic E-state index is 12.1. The van der Waals surface area contributed by atoms with E-state index in [0.29, 0.717) is 17.2 Å². The summed E-state index contributed by atoms with van der Waals surface area (Å²) in [6.45, 7) is 3.40. The summed E-state index contributed by atoms with van der Waals surface area (Å²) in [6, 6.07) is 0. The van der Waals surface area contributed by atoms with Crippen molar-refractivity contribution in [1.82, 2.24) is 19.8 Å². The molecule has 1 aromatic rings. The second-order valence-corrected chi connectivity index (χ2v) is 7.98. The van der Waals surface area contributed by atoms with Crippen LogP contribution in [-0.2, 0) is 38.1 Å². The number of rotatable bonds is 6. The Bertz CT molecular complexity index is 1090. The van der Waals surface area contributed by atoms with Gasteiger partial charge in [-0.3, -0.25) is 23.7 Å². The normalized spacial score (nSPS) is 27.3. The van der Waals surface area contributed by atoms with Crippen LogP contribution in [0.2, 0.25) is 0 Å². The molecule has 0 unspecified atom stereocenters. The summed E-state index contributed by atoms with van der Waals surface area (Å²) in [4.78, 5) is 57.6. The highest BCUT2D eigenvalue weighted by Gasteiger charge is 2.51. The second-order valence-electron chi connectivity index (χ2n) is 7.71. The van der Waals surface area contributed by atoms with Crippen LogP contribution < -0.4 is 5.32 Å².